The number of carbonyl (C=O) groups excluding carboxylic acids is 1. The fourth-order valence-electron chi connectivity index (χ4n) is 2.27. The van der Waals surface area contributed by atoms with Crippen LogP contribution in [0.4, 0.5) is 0 Å². The summed E-state index contributed by atoms with van der Waals surface area (Å²) < 4.78 is 1.49. The Labute approximate surface area is 111 Å². The van der Waals surface area contributed by atoms with E-state index in [0.717, 1.165) is 5.56 Å². The number of hydrogen-bond donors (Lipinski definition) is 1. The van der Waals surface area contributed by atoms with Gasteiger partial charge in [0.2, 0.25) is 0 Å². The average molecular weight is 256 g/mol. The summed E-state index contributed by atoms with van der Waals surface area (Å²) in [4.78, 5) is 12.2. The molecule has 1 N–H and O–H groups in total. The smallest absolute Gasteiger partial charge is 0.271 e. The van der Waals surface area contributed by atoms with E-state index in [4.69, 9.17) is 0 Å². The minimum Gasteiger partial charge on any atom is -0.344 e. The van der Waals surface area contributed by atoms with E-state index in [9.17, 15) is 4.79 Å². The van der Waals surface area contributed by atoms with Gasteiger partial charge in [0.25, 0.3) is 5.91 Å². The van der Waals surface area contributed by atoms with Crippen molar-refractivity contribution < 1.29 is 4.79 Å². The first-order valence-electron chi connectivity index (χ1n) is 6.46. The van der Waals surface area contributed by atoms with Gasteiger partial charge in [-0.25, -0.2) is 4.68 Å². The normalized spacial score (nSPS) is 16.1. The highest BCUT2D eigenvalue weighted by Gasteiger charge is 2.33. The van der Waals surface area contributed by atoms with Crippen LogP contribution in [0.25, 0.3) is 0 Å². The second-order valence-electron chi connectivity index (χ2n) is 4.94. The highest BCUT2D eigenvalue weighted by molar-refractivity contribution is 5.92. The molecule has 0 bridgehead atoms. The van der Waals surface area contributed by atoms with Gasteiger partial charge >= 0.3 is 0 Å². The van der Waals surface area contributed by atoms with Gasteiger partial charge in [-0.15, -0.1) is 5.10 Å². The maximum absolute atomic E-state index is 12.2. The molecule has 1 amide bonds. The fraction of sp³-hybridized carbons (Fsp3) is 0.357. The van der Waals surface area contributed by atoms with Gasteiger partial charge in [-0.05, 0) is 24.3 Å². The Morgan fingerprint density at radius 2 is 2.11 bits per heavy atom. The largest absolute Gasteiger partial charge is 0.344 e. The van der Waals surface area contributed by atoms with E-state index in [0.29, 0.717) is 11.6 Å². The van der Waals surface area contributed by atoms with Crippen molar-refractivity contribution in [3.05, 3.63) is 47.8 Å². The Morgan fingerprint density at radius 1 is 1.37 bits per heavy atom. The number of nitrogens with zero attached hydrogens (tertiary/aromatic N) is 3. The topological polar surface area (TPSA) is 59.8 Å². The second kappa shape index (κ2) is 4.84. The molecule has 0 saturated heterocycles. The zero-order chi connectivity index (χ0) is 13.2. The molecule has 2 aromatic rings. The lowest BCUT2D eigenvalue weighted by Gasteiger charge is -2.18. The Hall–Kier alpha value is -2.17. The molecular weight excluding hydrogens is 240 g/mol. The maximum Gasteiger partial charge on any atom is 0.271 e. The van der Waals surface area contributed by atoms with Crippen molar-refractivity contribution in [1.82, 2.24) is 20.3 Å². The standard InChI is InChI=1S/C14H16N4O/c1-18-12(9-15-17-18)14(19)16-13(11-7-8-11)10-5-3-2-4-6-10/h2-6,9,11,13H,7-8H2,1H3,(H,16,19). The summed E-state index contributed by atoms with van der Waals surface area (Å²) in [6, 6.07) is 10.2. The molecule has 98 valence electrons. The lowest BCUT2D eigenvalue weighted by Crippen LogP contribution is -2.31. The van der Waals surface area contributed by atoms with E-state index in [-0.39, 0.29) is 11.9 Å². The van der Waals surface area contributed by atoms with Crippen molar-refractivity contribution in [2.24, 2.45) is 13.0 Å². The molecule has 1 aromatic heterocycles. The fourth-order valence-corrected chi connectivity index (χ4v) is 2.27. The zero-order valence-electron chi connectivity index (χ0n) is 10.8. The Balaban J connectivity index is 1.79. The van der Waals surface area contributed by atoms with Gasteiger partial charge in [-0.1, -0.05) is 35.5 Å². The van der Waals surface area contributed by atoms with Crippen LogP contribution in [0, 0.1) is 5.92 Å². The van der Waals surface area contributed by atoms with Gasteiger partial charge in [0.15, 0.2) is 0 Å². The molecular formula is C14H16N4O. The highest BCUT2D eigenvalue weighted by Crippen LogP contribution is 2.41. The highest BCUT2D eigenvalue weighted by atomic mass is 16.2. The number of aromatic nitrogens is 3. The Kier molecular flexibility index (Phi) is 3.03. The molecule has 1 heterocycles. The van der Waals surface area contributed by atoms with Crippen LogP contribution in [0.2, 0.25) is 0 Å². The van der Waals surface area contributed by atoms with E-state index in [1.807, 2.05) is 18.2 Å². The Morgan fingerprint density at radius 3 is 2.68 bits per heavy atom. The van der Waals surface area contributed by atoms with Gasteiger partial charge < -0.3 is 5.32 Å². The van der Waals surface area contributed by atoms with Crippen LogP contribution in [-0.2, 0) is 7.05 Å². The molecule has 1 aromatic carbocycles. The van der Waals surface area contributed by atoms with Crippen LogP contribution in [0.5, 0.6) is 0 Å². The minimum atomic E-state index is -0.117. The van der Waals surface area contributed by atoms with Crippen LogP contribution in [0.1, 0.15) is 34.9 Å². The molecule has 1 atom stereocenters. The number of carbonyl (C=O) groups is 1. The number of amides is 1. The number of benzene rings is 1. The summed E-state index contributed by atoms with van der Waals surface area (Å²) in [5.41, 5.74) is 1.65. The van der Waals surface area contributed by atoms with Crippen LogP contribution in [0.15, 0.2) is 36.5 Å². The van der Waals surface area contributed by atoms with Crippen molar-refractivity contribution in [2.75, 3.05) is 0 Å². The summed E-state index contributed by atoms with van der Waals surface area (Å²) in [5.74, 6) is 0.431. The quantitative estimate of drug-likeness (QED) is 0.905. The molecule has 0 radical (unpaired) electrons. The van der Waals surface area contributed by atoms with Crippen molar-refractivity contribution in [3.8, 4) is 0 Å². The first-order chi connectivity index (χ1) is 9.25. The predicted octanol–water partition coefficient (Wildman–Crippen LogP) is 1.70. The molecule has 0 spiro atoms. The molecule has 5 heteroatoms. The van der Waals surface area contributed by atoms with Crippen LogP contribution in [0.3, 0.4) is 0 Å². The number of rotatable bonds is 4. The van der Waals surface area contributed by atoms with Crippen molar-refractivity contribution in [1.29, 1.82) is 0 Å². The summed E-state index contributed by atoms with van der Waals surface area (Å²) >= 11 is 0. The summed E-state index contributed by atoms with van der Waals surface area (Å²) in [7, 11) is 1.72. The molecule has 1 saturated carbocycles. The van der Waals surface area contributed by atoms with Gasteiger partial charge in [0, 0.05) is 7.05 Å². The Bertz CT molecular complexity index is 574. The van der Waals surface area contributed by atoms with E-state index in [1.54, 1.807) is 7.05 Å². The first kappa shape index (κ1) is 11.9. The average Bonchev–Trinajstić information content (AvgIpc) is 3.18. The molecule has 1 aliphatic rings. The van der Waals surface area contributed by atoms with Crippen molar-refractivity contribution >= 4 is 5.91 Å². The minimum absolute atomic E-state index is 0.0867. The molecule has 1 unspecified atom stereocenters. The third-order valence-corrected chi connectivity index (χ3v) is 3.49. The SMILES string of the molecule is Cn1nncc1C(=O)NC(c1ccccc1)C1CC1. The zero-order valence-corrected chi connectivity index (χ0v) is 10.8. The van der Waals surface area contributed by atoms with Crippen molar-refractivity contribution in [2.45, 2.75) is 18.9 Å². The van der Waals surface area contributed by atoms with Crippen LogP contribution < -0.4 is 5.32 Å². The molecule has 3 rings (SSSR count). The van der Waals surface area contributed by atoms with Gasteiger partial charge in [-0.2, -0.15) is 0 Å². The lowest BCUT2D eigenvalue weighted by atomic mass is 10.0. The van der Waals surface area contributed by atoms with Crippen LogP contribution >= 0.6 is 0 Å². The third kappa shape index (κ3) is 2.50. The monoisotopic (exact) mass is 256 g/mol. The van der Waals surface area contributed by atoms with Crippen molar-refractivity contribution in [3.63, 3.8) is 0 Å². The molecule has 0 aliphatic heterocycles. The lowest BCUT2D eigenvalue weighted by molar-refractivity contribution is 0.0922. The van der Waals surface area contributed by atoms with E-state index >= 15 is 0 Å². The first-order valence-corrected chi connectivity index (χ1v) is 6.46. The van der Waals surface area contributed by atoms with E-state index < -0.39 is 0 Å². The van der Waals surface area contributed by atoms with E-state index in [2.05, 4.69) is 27.8 Å². The van der Waals surface area contributed by atoms with Gasteiger partial charge in [-0.3, -0.25) is 4.79 Å². The maximum atomic E-state index is 12.2. The van der Waals surface area contributed by atoms with Crippen LogP contribution in [-0.4, -0.2) is 20.9 Å². The number of nitrogens with one attached hydrogen (secondary N) is 1. The second-order valence-corrected chi connectivity index (χ2v) is 4.94. The predicted molar refractivity (Wildman–Crippen MR) is 70.4 cm³/mol. The summed E-state index contributed by atoms with van der Waals surface area (Å²) in [6.45, 7) is 0. The summed E-state index contributed by atoms with van der Waals surface area (Å²) in [6.07, 6.45) is 3.83. The molecule has 1 aliphatic carbocycles. The molecule has 5 nitrogen and oxygen atoms in total. The molecule has 1 fully saturated rings. The number of hydrogen-bond acceptors (Lipinski definition) is 3. The van der Waals surface area contributed by atoms with Gasteiger partial charge in [0.1, 0.15) is 5.69 Å². The van der Waals surface area contributed by atoms with E-state index in [1.165, 1.54) is 23.7 Å². The molecule has 19 heavy (non-hydrogen) atoms. The number of aryl methyl sites for hydroxylation is 1. The third-order valence-electron chi connectivity index (χ3n) is 3.49. The van der Waals surface area contributed by atoms with Gasteiger partial charge in [0.05, 0.1) is 12.2 Å². The summed E-state index contributed by atoms with van der Waals surface area (Å²) in [5, 5.41) is 10.6.